The van der Waals surface area contributed by atoms with Crippen LogP contribution in [0.5, 0.6) is 0 Å². The van der Waals surface area contributed by atoms with E-state index in [2.05, 4.69) is 22.9 Å². The summed E-state index contributed by atoms with van der Waals surface area (Å²) in [7, 11) is -3.46. The Morgan fingerprint density at radius 2 is 2.15 bits per heavy atom. The number of sulfonamides is 1. The third kappa shape index (κ3) is 2.93. The molecule has 1 fully saturated rings. The van der Waals surface area contributed by atoms with Gasteiger partial charge in [-0.2, -0.15) is 4.31 Å². The lowest BCUT2D eigenvalue weighted by Crippen LogP contribution is -2.51. The maximum atomic E-state index is 12.8. The highest BCUT2D eigenvalue weighted by molar-refractivity contribution is 9.10. The monoisotopic (exact) mass is 360 g/mol. The summed E-state index contributed by atoms with van der Waals surface area (Å²) in [6.45, 7) is 4.90. The second-order valence-corrected chi connectivity index (χ2v) is 8.19. The van der Waals surface area contributed by atoms with E-state index in [0.29, 0.717) is 23.9 Å². The molecule has 1 aromatic carbocycles. The molecule has 2 atom stereocenters. The van der Waals surface area contributed by atoms with Crippen molar-refractivity contribution in [3.63, 3.8) is 0 Å². The largest absolute Gasteiger partial charge is 0.329 e. The molecule has 0 amide bonds. The Morgan fingerprint density at radius 3 is 2.75 bits per heavy atom. The van der Waals surface area contributed by atoms with Gasteiger partial charge in [0, 0.05) is 23.6 Å². The number of piperidine rings is 1. The number of halogens is 1. The molecule has 1 aliphatic heterocycles. The average Bonchev–Trinajstić information content (AvgIpc) is 2.41. The summed E-state index contributed by atoms with van der Waals surface area (Å²) in [5.41, 5.74) is 6.72. The van der Waals surface area contributed by atoms with Crippen molar-refractivity contribution in [2.24, 2.45) is 11.7 Å². The third-order valence-electron chi connectivity index (χ3n) is 4.04. The molecule has 0 aromatic heterocycles. The fraction of sp³-hybridized carbons (Fsp3) is 0.571. The second kappa shape index (κ2) is 6.13. The van der Waals surface area contributed by atoms with Crippen LogP contribution < -0.4 is 5.73 Å². The molecular weight excluding hydrogens is 340 g/mol. The minimum Gasteiger partial charge on any atom is -0.329 e. The van der Waals surface area contributed by atoms with Crippen molar-refractivity contribution >= 4 is 26.0 Å². The van der Waals surface area contributed by atoms with Gasteiger partial charge in [0.2, 0.25) is 10.0 Å². The summed E-state index contributed by atoms with van der Waals surface area (Å²) in [4.78, 5) is 0.353. The van der Waals surface area contributed by atoms with Crippen LogP contribution in [0.25, 0.3) is 0 Å². The molecule has 0 aliphatic carbocycles. The summed E-state index contributed by atoms with van der Waals surface area (Å²) >= 11 is 3.40. The first-order chi connectivity index (χ1) is 9.37. The molecule has 6 heteroatoms. The van der Waals surface area contributed by atoms with Gasteiger partial charge >= 0.3 is 0 Å². The standard InChI is InChI=1S/C14H21BrN2O2S/c1-10-4-3-7-17(14(10)9-16)20(18,19)12-5-6-13(15)11(2)8-12/h5-6,8,10,14H,3-4,7,9,16H2,1-2H3. The topological polar surface area (TPSA) is 63.4 Å². The van der Waals surface area contributed by atoms with Gasteiger partial charge in [0.25, 0.3) is 0 Å². The third-order valence-corrected chi connectivity index (χ3v) is 6.85. The fourth-order valence-corrected chi connectivity index (χ4v) is 4.88. The van der Waals surface area contributed by atoms with Crippen LogP contribution in [0.4, 0.5) is 0 Å². The maximum absolute atomic E-state index is 12.8. The van der Waals surface area contributed by atoms with E-state index in [0.717, 1.165) is 22.9 Å². The zero-order chi connectivity index (χ0) is 14.9. The van der Waals surface area contributed by atoms with Crippen molar-refractivity contribution in [1.82, 2.24) is 4.31 Å². The van der Waals surface area contributed by atoms with E-state index < -0.39 is 10.0 Å². The van der Waals surface area contributed by atoms with Gasteiger partial charge < -0.3 is 5.73 Å². The van der Waals surface area contributed by atoms with Gasteiger partial charge in [-0.1, -0.05) is 22.9 Å². The molecule has 2 rings (SSSR count). The lowest BCUT2D eigenvalue weighted by atomic mass is 9.93. The lowest BCUT2D eigenvalue weighted by molar-refractivity contribution is 0.192. The average molecular weight is 361 g/mol. The van der Waals surface area contributed by atoms with E-state index in [1.807, 2.05) is 6.92 Å². The van der Waals surface area contributed by atoms with Gasteiger partial charge in [0.1, 0.15) is 0 Å². The van der Waals surface area contributed by atoms with Crippen molar-refractivity contribution in [1.29, 1.82) is 0 Å². The van der Waals surface area contributed by atoms with Crippen molar-refractivity contribution in [3.05, 3.63) is 28.2 Å². The molecule has 0 bridgehead atoms. The quantitative estimate of drug-likeness (QED) is 0.900. The van der Waals surface area contributed by atoms with Gasteiger partial charge in [-0.05, 0) is 49.4 Å². The molecule has 0 saturated carbocycles. The summed E-state index contributed by atoms with van der Waals surface area (Å²) in [6, 6.07) is 5.05. The van der Waals surface area contributed by atoms with Crippen LogP contribution in [0.1, 0.15) is 25.3 Å². The zero-order valence-corrected chi connectivity index (χ0v) is 14.2. The van der Waals surface area contributed by atoms with Crippen LogP contribution in [-0.4, -0.2) is 31.9 Å². The lowest BCUT2D eigenvalue weighted by Gasteiger charge is -2.38. The number of hydrogen-bond donors (Lipinski definition) is 1. The number of nitrogens with two attached hydrogens (primary N) is 1. The van der Waals surface area contributed by atoms with Gasteiger partial charge in [0.05, 0.1) is 4.90 Å². The highest BCUT2D eigenvalue weighted by atomic mass is 79.9. The van der Waals surface area contributed by atoms with Crippen LogP contribution in [0, 0.1) is 12.8 Å². The van der Waals surface area contributed by atoms with Gasteiger partial charge in [-0.25, -0.2) is 8.42 Å². The van der Waals surface area contributed by atoms with E-state index >= 15 is 0 Å². The Morgan fingerprint density at radius 1 is 1.45 bits per heavy atom. The summed E-state index contributed by atoms with van der Waals surface area (Å²) in [5.74, 6) is 0.306. The molecule has 0 spiro atoms. The number of benzene rings is 1. The highest BCUT2D eigenvalue weighted by Gasteiger charge is 2.36. The fourth-order valence-electron chi connectivity index (χ4n) is 2.77. The molecule has 1 heterocycles. The zero-order valence-electron chi connectivity index (χ0n) is 11.8. The minimum atomic E-state index is -3.46. The van der Waals surface area contributed by atoms with Crippen LogP contribution in [0.15, 0.2) is 27.6 Å². The smallest absolute Gasteiger partial charge is 0.243 e. The van der Waals surface area contributed by atoms with Crippen molar-refractivity contribution in [2.45, 2.75) is 37.6 Å². The Hall–Kier alpha value is -0.430. The summed E-state index contributed by atoms with van der Waals surface area (Å²) in [6.07, 6.45) is 1.93. The molecule has 2 N–H and O–H groups in total. The van der Waals surface area contributed by atoms with Crippen LogP contribution in [-0.2, 0) is 10.0 Å². The second-order valence-electron chi connectivity index (χ2n) is 5.45. The summed E-state index contributed by atoms with van der Waals surface area (Å²) < 4.78 is 28.1. The number of hydrogen-bond acceptors (Lipinski definition) is 3. The van der Waals surface area contributed by atoms with E-state index in [-0.39, 0.29) is 6.04 Å². The van der Waals surface area contributed by atoms with Crippen LogP contribution in [0.2, 0.25) is 0 Å². The van der Waals surface area contributed by atoms with E-state index in [9.17, 15) is 8.42 Å². The van der Waals surface area contributed by atoms with Crippen molar-refractivity contribution in [3.8, 4) is 0 Å². The first-order valence-electron chi connectivity index (χ1n) is 6.86. The molecule has 2 unspecified atom stereocenters. The number of aryl methyl sites for hydroxylation is 1. The molecular formula is C14H21BrN2O2S. The minimum absolute atomic E-state index is 0.0993. The van der Waals surface area contributed by atoms with Crippen LogP contribution >= 0.6 is 15.9 Å². The van der Waals surface area contributed by atoms with Gasteiger partial charge in [0.15, 0.2) is 0 Å². The van der Waals surface area contributed by atoms with Crippen molar-refractivity contribution in [2.75, 3.05) is 13.1 Å². The Kier molecular flexibility index (Phi) is 4.89. The molecule has 1 saturated heterocycles. The Bertz CT molecular complexity index is 589. The molecule has 1 aliphatic rings. The molecule has 112 valence electrons. The Labute approximate surface area is 129 Å². The predicted octanol–water partition coefficient (Wildman–Crippen LogP) is 2.51. The first kappa shape index (κ1) is 15.9. The molecule has 1 aromatic rings. The molecule has 4 nitrogen and oxygen atoms in total. The van der Waals surface area contributed by atoms with E-state index in [4.69, 9.17) is 5.73 Å². The maximum Gasteiger partial charge on any atom is 0.243 e. The highest BCUT2D eigenvalue weighted by Crippen LogP contribution is 2.30. The number of rotatable bonds is 3. The van der Waals surface area contributed by atoms with Crippen LogP contribution in [0.3, 0.4) is 0 Å². The van der Waals surface area contributed by atoms with E-state index in [1.165, 1.54) is 0 Å². The molecule has 20 heavy (non-hydrogen) atoms. The van der Waals surface area contributed by atoms with Gasteiger partial charge in [-0.3, -0.25) is 0 Å². The normalized spacial score (nSPS) is 24.8. The Balaban J connectivity index is 2.40. The van der Waals surface area contributed by atoms with Crippen molar-refractivity contribution < 1.29 is 8.42 Å². The number of nitrogens with zero attached hydrogens (tertiary/aromatic N) is 1. The molecule has 0 radical (unpaired) electrons. The van der Waals surface area contributed by atoms with Gasteiger partial charge in [-0.15, -0.1) is 0 Å². The van der Waals surface area contributed by atoms with E-state index in [1.54, 1.807) is 22.5 Å². The summed E-state index contributed by atoms with van der Waals surface area (Å²) in [5, 5.41) is 0. The SMILES string of the molecule is Cc1cc(S(=O)(=O)N2CCCC(C)C2CN)ccc1Br. The first-order valence-corrected chi connectivity index (χ1v) is 9.09. The predicted molar refractivity (Wildman–Crippen MR) is 84.0 cm³/mol.